The molecule has 0 amide bonds. The van der Waals surface area contributed by atoms with Crippen molar-refractivity contribution in [3.05, 3.63) is 35.6 Å². The minimum Gasteiger partial charge on any atom is -0.316 e. The lowest BCUT2D eigenvalue weighted by molar-refractivity contribution is 0.608. The number of nitrogens with one attached hydrogen (secondary N) is 1. The van der Waals surface area contributed by atoms with E-state index in [1.807, 2.05) is 19.2 Å². The molecule has 0 radical (unpaired) electrons. The molecule has 1 N–H and O–H groups in total. The number of benzene rings is 1. The maximum absolute atomic E-state index is 12.8. The molecule has 1 aliphatic carbocycles. The Kier molecular flexibility index (Phi) is 5.51. The fourth-order valence-electron chi connectivity index (χ4n) is 2.46. The van der Waals surface area contributed by atoms with E-state index in [0.29, 0.717) is 6.04 Å². The van der Waals surface area contributed by atoms with Crippen LogP contribution in [-0.4, -0.2) is 24.1 Å². The molecular weight excluding hydrogens is 245 g/mol. The van der Waals surface area contributed by atoms with Gasteiger partial charge >= 0.3 is 0 Å². The first-order valence-corrected chi connectivity index (χ1v) is 7.86. The van der Waals surface area contributed by atoms with Gasteiger partial charge in [0, 0.05) is 17.0 Å². The van der Waals surface area contributed by atoms with E-state index < -0.39 is 0 Å². The third kappa shape index (κ3) is 4.29. The predicted molar refractivity (Wildman–Crippen MR) is 77.7 cm³/mol. The maximum atomic E-state index is 12.8. The molecule has 0 saturated heterocycles. The minimum atomic E-state index is -0.153. The Morgan fingerprint density at radius 1 is 1.28 bits per heavy atom. The molecular formula is C15H22FNS. The van der Waals surface area contributed by atoms with Crippen LogP contribution in [0, 0.1) is 5.82 Å². The zero-order valence-electron chi connectivity index (χ0n) is 11.0. The van der Waals surface area contributed by atoms with Crippen LogP contribution < -0.4 is 5.32 Å². The second-order valence-corrected chi connectivity index (χ2v) is 6.39. The van der Waals surface area contributed by atoms with Crippen LogP contribution in [0.5, 0.6) is 0 Å². The van der Waals surface area contributed by atoms with Gasteiger partial charge in [0.05, 0.1) is 0 Å². The molecule has 1 unspecified atom stereocenters. The van der Waals surface area contributed by atoms with Gasteiger partial charge in [0.25, 0.3) is 0 Å². The van der Waals surface area contributed by atoms with E-state index >= 15 is 0 Å². The molecule has 0 heterocycles. The summed E-state index contributed by atoms with van der Waals surface area (Å²) in [4.78, 5) is 0. The highest BCUT2D eigenvalue weighted by Gasteiger charge is 2.17. The van der Waals surface area contributed by atoms with Crippen molar-refractivity contribution >= 4 is 11.8 Å². The molecule has 1 fully saturated rings. The summed E-state index contributed by atoms with van der Waals surface area (Å²) in [6.07, 6.45) is 6.56. The fraction of sp³-hybridized carbons (Fsp3) is 0.600. The molecule has 3 heteroatoms. The molecule has 18 heavy (non-hydrogen) atoms. The summed E-state index contributed by atoms with van der Waals surface area (Å²) >= 11 is 2.10. The van der Waals surface area contributed by atoms with Gasteiger partial charge < -0.3 is 5.32 Å². The van der Waals surface area contributed by atoms with Gasteiger partial charge in [0.1, 0.15) is 5.82 Å². The van der Waals surface area contributed by atoms with Crippen molar-refractivity contribution in [1.29, 1.82) is 0 Å². The number of rotatable bonds is 6. The Hall–Kier alpha value is -0.540. The lowest BCUT2D eigenvalue weighted by Crippen LogP contribution is -2.30. The molecule has 0 aromatic heterocycles. The molecule has 1 aromatic carbocycles. The summed E-state index contributed by atoms with van der Waals surface area (Å²) in [7, 11) is 2.02. The van der Waals surface area contributed by atoms with Crippen molar-refractivity contribution in [3.8, 4) is 0 Å². The summed E-state index contributed by atoms with van der Waals surface area (Å²) < 4.78 is 12.8. The van der Waals surface area contributed by atoms with Gasteiger partial charge in [-0.05, 0) is 44.0 Å². The van der Waals surface area contributed by atoms with E-state index in [9.17, 15) is 4.39 Å². The fourth-order valence-corrected chi connectivity index (χ4v) is 3.91. The van der Waals surface area contributed by atoms with Crippen LogP contribution in [0.15, 0.2) is 24.3 Å². The average Bonchev–Trinajstić information content (AvgIpc) is 2.90. The van der Waals surface area contributed by atoms with Gasteiger partial charge in [-0.2, -0.15) is 11.8 Å². The Balaban J connectivity index is 1.79. The second-order valence-electron chi connectivity index (χ2n) is 5.06. The van der Waals surface area contributed by atoms with Gasteiger partial charge in [-0.15, -0.1) is 0 Å². The van der Waals surface area contributed by atoms with Crippen molar-refractivity contribution in [1.82, 2.24) is 5.32 Å². The van der Waals surface area contributed by atoms with Crippen LogP contribution >= 0.6 is 11.8 Å². The Morgan fingerprint density at radius 3 is 2.56 bits per heavy atom. The molecule has 0 aliphatic heterocycles. The van der Waals surface area contributed by atoms with Gasteiger partial charge in [-0.1, -0.05) is 25.0 Å². The maximum Gasteiger partial charge on any atom is 0.123 e. The first-order chi connectivity index (χ1) is 8.78. The Bertz CT molecular complexity index is 346. The standard InChI is InChI=1S/C15H22FNS/c1-17-14(11-18-15-4-2-3-5-15)10-12-6-8-13(16)9-7-12/h6-9,14-15,17H,2-5,10-11H2,1H3. The van der Waals surface area contributed by atoms with E-state index in [1.165, 1.54) is 31.2 Å². The SMILES string of the molecule is CNC(CSC1CCCC1)Cc1ccc(F)cc1. The summed E-state index contributed by atoms with van der Waals surface area (Å²) in [5, 5.41) is 4.24. The van der Waals surface area contributed by atoms with E-state index in [4.69, 9.17) is 0 Å². The highest BCUT2D eigenvalue weighted by atomic mass is 32.2. The van der Waals surface area contributed by atoms with Crippen LogP contribution in [-0.2, 0) is 6.42 Å². The zero-order valence-corrected chi connectivity index (χ0v) is 11.8. The molecule has 1 nitrogen and oxygen atoms in total. The molecule has 1 aromatic rings. The van der Waals surface area contributed by atoms with Crippen molar-refractivity contribution in [2.24, 2.45) is 0 Å². The molecule has 1 saturated carbocycles. The monoisotopic (exact) mass is 267 g/mol. The third-order valence-electron chi connectivity index (χ3n) is 3.64. The second kappa shape index (κ2) is 7.15. The van der Waals surface area contributed by atoms with Crippen LogP contribution in [0.1, 0.15) is 31.2 Å². The highest BCUT2D eigenvalue weighted by Crippen LogP contribution is 2.29. The van der Waals surface area contributed by atoms with Gasteiger partial charge in [-0.3, -0.25) is 0 Å². The summed E-state index contributed by atoms with van der Waals surface area (Å²) in [5.41, 5.74) is 1.21. The average molecular weight is 267 g/mol. The summed E-state index contributed by atoms with van der Waals surface area (Å²) in [6, 6.07) is 7.36. The van der Waals surface area contributed by atoms with Crippen LogP contribution in [0.4, 0.5) is 4.39 Å². The largest absolute Gasteiger partial charge is 0.316 e. The van der Waals surface area contributed by atoms with Gasteiger partial charge in [-0.25, -0.2) is 4.39 Å². The summed E-state index contributed by atoms with van der Waals surface area (Å²) in [6.45, 7) is 0. The number of hydrogen-bond donors (Lipinski definition) is 1. The number of thioether (sulfide) groups is 1. The zero-order chi connectivity index (χ0) is 12.8. The van der Waals surface area contributed by atoms with Crippen LogP contribution in [0.25, 0.3) is 0 Å². The van der Waals surface area contributed by atoms with Crippen LogP contribution in [0.2, 0.25) is 0 Å². The Morgan fingerprint density at radius 2 is 1.94 bits per heavy atom. The van der Waals surface area contributed by atoms with Gasteiger partial charge in [0.15, 0.2) is 0 Å². The topological polar surface area (TPSA) is 12.0 Å². The normalized spacial score (nSPS) is 18.1. The molecule has 1 atom stereocenters. The number of halogens is 1. The predicted octanol–water partition coefficient (Wildman–Crippen LogP) is 3.63. The van der Waals surface area contributed by atoms with Crippen molar-refractivity contribution in [3.63, 3.8) is 0 Å². The smallest absolute Gasteiger partial charge is 0.123 e. The molecule has 1 aliphatic rings. The lowest BCUT2D eigenvalue weighted by atomic mass is 10.1. The van der Waals surface area contributed by atoms with Crippen molar-refractivity contribution in [2.45, 2.75) is 43.4 Å². The first-order valence-electron chi connectivity index (χ1n) is 6.81. The molecule has 2 rings (SSSR count). The van der Waals surface area contributed by atoms with Crippen LogP contribution in [0.3, 0.4) is 0 Å². The van der Waals surface area contributed by atoms with E-state index in [1.54, 1.807) is 12.1 Å². The van der Waals surface area contributed by atoms with E-state index in [-0.39, 0.29) is 5.82 Å². The molecule has 100 valence electrons. The van der Waals surface area contributed by atoms with E-state index in [2.05, 4.69) is 17.1 Å². The Labute approximate surface area is 114 Å². The summed E-state index contributed by atoms with van der Waals surface area (Å²) in [5.74, 6) is 0.999. The minimum absolute atomic E-state index is 0.153. The number of hydrogen-bond acceptors (Lipinski definition) is 2. The van der Waals surface area contributed by atoms with Gasteiger partial charge in [0.2, 0.25) is 0 Å². The van der Waals surface area contributed by atoms with Crippen molar-refractivity contribution in [2.75, 3.05) is 12.8 Å². The third-order valence-corrected chi connectivity index (χ3v) is 5.18. The molecule has 0 spiro atoms. The number of likely N-dealkylation sites (N-methyl/N-ethyl adjacent to an activating group) is 1. The first kappa shape index (κ1) is 13.9. The quantitative estimate of drug-likeness (QED) is 0.844. The van der Waals surface area contributed by atoms with Crippen molar-refractivity contribution < 1.29 is 4.39 Å². The lowest BCUT2D eigenvalue weighted by Gasteiger charge is -2.18. The van der Waals surface area contributed by atoms with E-state index in [0.717, 1.165) is 17.4 Å². The highest BCUT2D eigenvalue weighted by molar-refractivity contribution is 7.99. The molecule has 0 bridgehead atoms.